The van der Waals surface area contributed by atoms with E-state index in [9.17, 15) is 0 Å². The maximum Gasteiger partial charge on any atom is 0 e. The van der Waals surface area contributed by atoms with Crippen LogP contribution in [0.1, 0.15) is 25.7 Å². The quantitative estimate of drug-likeness (QED) is 0.304. The largest absolute Gasteiger partial charge is 0.343 e. The molecule has 0 saturated heterocycles. The van der Waals surface area contributed by atoms with Gasteiger partial charge in [0.05, 0.1) is 0 Å². The fraction of sp³-hybridized carbons (Fsp3) is 0.667. The summed E-state index contributed by atoms with van der Waals surface area (Å²) in [5.74, 6) is 0. The number of hydrogen-bond acceptors (Lipinski definition) is 0. The summed E-state index contributed by atoms with van der Waals surface area (Å²) in [6.07, 6.45) is 4.61. The minimum absolute atomic E-state index is 0. The van der Waals surface area contributed by atoms with Crippen molar-refractivity contribution in [2.45, 2.75) is 25.7 Å². The third-order valence-corrected chi connectivity index (χ3v) is 0.750. The molecular weight excluding hydrogens is 786 g/mol. The summed E-state index contributed by atoms with van der Waals surface area (Å²) in [6, 6.07) is 0. The van der Waals surface area contributed by atoms with E-state index in [1.165, 1.54) is 12.8 Å². The average molecular weight is 798 g/mol. The Morgan fingerprint density at radius 3 is 1.00 bits per heavy atom. The Morgan fingerprint density at radius 1 is 0.667 bits per heavy atom. The molecule has 9 heavy (non-hydrogen) atoms. The summed E-state index contributed by atoms with van der Waals surface area (Å²) in [5, 5.41) is 0. The molecule has 3 heteroatoms. The molecule has 50 valence electrons. The Kier molecular flexibility index (Phi) is 56.8. The summed E-state index contributed by atoms with van der Waals surface area (Å²) in [6.45, 7) is 7.39. The fourth-order valence-electron chi connectivity index (χ4n) is 0.354. The van der Waals surface area contributed by atoms with E-state index in [2.05, 4.69) is 13.8 Å². The first-order valence-corrected chi connectivity index (χ1v) is 2.50. The van der Waals surface area contributed by atoms with Gasteiger partial charge < -0.3 is 13.8 Å². The van der Waals surface area contributed by atoms with Crippen molar-refractivity contribution < 1.29 is 93.3 Å². The molecule has 0 heterocycles. The van der Waals surface area contributed by atoms with E-state index in [1.54, 1.807) is 0 Å². The summed E-state index contributed by atoms with van der Waals surface area (Å²) < 4.78 is 0. The van der Waals surface area contributed by atoms with Crippen molar-refractivity contribution in [1.82, 2.24) is 0 Å². The molecule has 0 atom stereocenters. The Bertz CT molecular complexity index is 20.3. The van der Waals surface area contributed by atoms with Gasteiger partial charge in [-0.2, -0.15) is 12.8 Å². The van der Waals surface area contributed by atoms with Crippen LogP contribution in [-0.2, 0) is 0 Å². The first kappa shape index (κ1) is 22.7. The molecule has 0 bridgehead atoms. The van der Waals surface area contributed by atoms with E-state index in [-0.39, 0.29) is 93.3 Å². The third kappa shape index (κ3) is 24.7. The third-order valence-electron chi connectivity index (χ3n) is 0.750. The Hall–Kier alpha value is 3.16. The molecule has 0 aliphatic heterocycles. The summed E-state index contributed by atoms with van der Waals surface area (Å²) in [4.78, 5) is 0. The Morgan fingerprint density at radius 2 is 0.889 bits per heavy atom. The molecule has 0 aromatic heterocycles. The molecule has 0 aromatic rings. The molecule has 0 fully saturated rings. The second-order valence-corrected chi connectivity index (χ2v) is 1.41. The maximum absolute atomic E-state index is 3.70. The van der Waals surface area contributed by atoms with Crippen LogP contribution in [0.25, 0.3) is 0 Å². The molecule has 0 aliphatic rings. The maximum atomic E-state index is 3.70. The van der Waals surface area contributed by atoms with E-state index in [1.807, 2.05) is 0 Å². The average Bonchev–Trinajstić information content (AvgIpc) is 1.61. The van der Waals surface area contributed by atoms with Gasteiger partial charge in [-0.05, 0) is 0 Å². The SMILES string of the molecule is [CH2-]CCCC[CH2-].[U].[U].[U]. The number of rotatable bonds is 3. The van der Waals surface area contributed by atoms with Gasteiger partial charge in [0.25, 0.3) is 0 Å². The van der Waals surface area contributed by atoms with Crippen molar-refractivity contribution in [3.05, 3.63) is 13.8 Å². The van der Waals surface area contributed by atoms with Crippen LogP contribution in [0.15, 0.2) is 0 Å². The van der Waals surface area contributed by atoms with E-state index in [0.29, 0.717) is 0 Å². The molecule has 0 radical (unpaired) electrons. The van der Waals surface area contributed by atoms with Gasteiger partial charge in [-0.1, -0.05) is 12.8 Å². The van der Waals surface area contributed by atoms with Crippen molar-refractivity contribution in [3.8, 4) is 0 Å². The van der Waals surface area contributed by atoms with Crippen LogP contribution < -0.4 is 0 Å². The van der Waals surface area contributed by atoms with Gasteiger partial charge in [0.2, 0.25) is 0 Å². The van der Waals surface area contributed by atoms with Crippen LogP contribution in [0.4, 0.5) is 0 Å². The zero-order valence-corrected chi connectivity index (χ0v) is 18.2. The van der Waals surface area contributed by atoms with E-state index in [4.69, 9.17) is 0 Å². The van der Waals surface area contributed by atoms with Crippen LogP contribution in [-0.4, -0.2) is 0 Å². The predicted octanol–water partition coefficient (Wildman–Crippen LogP) is 2.21. The second kappa shape index (κ2) is 22.5. The topological polar surface area (TPSA) is 0 Å². The molecular formula is C6H12U3-2. The molecule has 0 nitrogen and oxygen atoms in total. The summed E-state index contributed by atoms with van der Waals surface area (Å²) in [5.41, 5.74) is 0. The van der Waals surface area contributed by atoms with Gasteiger partial charge in [0, 0.05) is 93.3 Å². The van der Waals surface area contributed by atoms with Crippen molar-refractivity contribution in [1.29, 1.82) is 0 Å². The van der Waals surface area contributed by atoms with Gasteiger partial charge in [-0.15, -0.1) is 0 Å². The molecule has 0 aliphatic carbocycles. The van der Waals surface area contributed by atoms with E-state index >= 15 is 0 Å². The van der Waals surface area contributed by atoms with Gasteiger partial charge in [-0.3, -0.25) is 0 Å². The zero-order chi connectivity index (χ0) is 4.83. The fourth-order valence-corrected chi connectivity index (χ4v) is 0.354. The Labute approximate surface area is 130 Å². The smallest absolute Gasteiger partial charge is 0 e. The monoisotopic (exact) mass is 798 g/mol. The van der Waals surface area contributed by atoms with Gasteiger partial charge in [0.1, 0.15) is 0 Å². The first-order valence-electron chi connectivity index (χ1n) is 2.50. The minimum Gasteiger partial charge on any atom is -0.343 e. The normalized spacial score (nSPS) is 6.00. The molecule has 0 amide bonds. The second-order valence-electron chi connectivity index (χ2n) is 1.41. The van der Waals surface area contributed by atoms with Crippen LogP contribution in [0.2, 0.25) is 0 Å². The summed E-state index contributed by atoms with van der Waals surface area (Å²) in [7, 11) is 0. The van der Waals surface area contributed by atoms with Crippen molar-refractivity contribution >= 4 is 0 Å². The van der Waals surface area contributed by atoms with Crippen LogP contribution in [0.5, 0.6) is 0 Å². The van der Waals surface area contributed by atoms with Gasteiger partial charge >= 0.3 is 0 Å². The predicted molar refractivity (Wildman–Crippen MR) is 29.2 cm³/mol. The zero-order valence-electron chi connectivity index (χ0n) is 5.74. The van der Waals surface area contributed by atoms with Crippen molar-refractivity contribution in [2.24, 2.45) is 0 Å². The van der Waals surface area contributed by atoms with Crippen LogP contribution in [0, 0.1) is 107 Å². The molecule has 0 unspecified atom stereocenters. The van der Waals surface area contributed by atoms with Crippen molar-refractivity contribution in [2.75, 3.05) is 0 Å². The van der Waals surface area contributed by atoms with E-state index in [0.717, 1.165) is 12.8 Å². The van der Waals surface area contributed by atoms with Crippen molar-refractivity contribution in [3.63, 3.8) is 0 Å². The van der Waals surface area contributed by atoms with Gasteiger partial charge in [-0.25, -0.2) is 0 Å². The van der Waals surface area contributed by atoms with Gasteiger partial charge in [0.15, 0.2) is 0 Å². The molecule has 0 aromatic carbocycles. The molecule has 0 rings (SSSR count). The summed E-state index contributed by atoms with van der Waals surface area (Å²) >= 11 is 0. The molecule has 0 saturated carbocycles. The minimum atomic E-state index is 0. The van der Waals surface area contributed by atoms with Crippen LogP contribution in [0.3, 0.4) is 0 Å². The van der Waals surface area contributed by atoms with E-state index < -0.39 is 0 Å². The standard InChI is InChI=1S/C6H12.3U/c1-3-5-6-4-2;;;/h1-6H2;;;/q-2;;;. The van der Waals surface area contributed by atoms with Crippen LogP contribution >= 0.6 is 0 Å². The molecule has 0 N–H and O–H groups in total. The Balaban J connectivity index is -0.0000000417. The first-order chi connectivity index (χ1) is 2.91. The number of unbranched alkanes of at least 4 members (excludes halogenated alkanes) is 3. The molecule has 0 spiro atoms. The number of hydrogen-bond donors (Lipinski definition) is 0.